The van der Waals surface area contributed by atoms with Crippen LogP contribution in [0.15, 0.2) is 71.8 Å². The molecule has 2 amide bonds. The topological polar surface area (TPSA) is 88.3 Å². The van der Waals surface area contributed by atoms with Crippen molar-refractivity contribution < 1.29 is 9.59 Å². The summed E-state index contributed by atoms with van der Waals surface area (Å²) in [6.45, 7) is 0.833. The van der Waals surface area contributed by atoms with Crippen molar-refractivity contribution in [1.82, 2.24) is 10.3 Å². The van der Waals surface area contributed by atoms with E-state index >= 15 is 0 Å². The minimum Gasteiger partial charge on any atom is -0.384 e. The Morgan fingerprint density at radius 3 is 2.69 bits per heavy atom. The van der Waals surface area contributed by atoms with Gasteiger partial charge in [-0.05, 0) is 35.4 Å². The maximum atomic E-state index is 12.7. The van der Waals surface area contributed by atoms with E-state index < -0.39 is 0 Å². The van der Waals surface area contributed by atoms with Gasteiger partial charge in [0.05, 0.1) is 18.0 Å². The minimum absolute atomic E-state index is 0.0388. The molecular formula is C22H20N4O2S. The molecule has 1 aliphatic rings. The highest BCUT2D eigenvalue weighted by molar-refractivity contribution is 8.00. The summed E-state index contributed by atoms with van der Waals surface area (Å²) in [6, 6.07) is 18.9. The number of carbonyl (C=O) groups excluding carboxylic acids is 2. The van der Waals surface area contributed by atoms with Crippen LogP contribution >= 0.6 is 11.8 Å². The molecule has 3 aromatic rings. The van der Waals surface area contributed by atoms with E-state index in [4.69, 9.17) is 5.73 Å². The van der Waals surface area contributed by atoms with Crippen molar-refractivity contribution in [3.8, 4) is 0 Å². The van der Waals surface area contributed by atoms with E-state index in [9.17, 15) is 9.59 Å². The average Bonchev–Trinajstić information content (AvgIpc) is 2.75. The lowest BCUT2D eigenvalue weighted by molar-refractivity contribution is -0.116. The molecule has 146 valence electrons. The van der Waals surface area contributed by atoms with Gasteiger partial charge in [0, 0.05) is 23.2 Å². The lowest BCUT2D eigenvalue weighted by atomic mass is 10.1. The van der Waals surface area contributed by atoms with E-state index in [0.29, 0.717) is 30.2 Å². The van der Waals surface area contributed by atoms with Crippen LogP contribution in [0.4, 0.5) is 11.5 Å². The molecule has 7 heteroatoms. The van der Waals surface area contributed by atoms with Gasteiger partial charge >= 0.3 is 0 Å². The number of amides is 2. The number of hydrogen-bond donors (Lipinski definition) is 2. The van der Waals surface area contributed by atoms with E-state index in [2.05, 4.69) is 10.3 Å². The average molecular weight is 404 g/mol. The lowest BCUT2D eigenvalue weighted by Gasteiger charge is -2.29. The molecule has 2 heterocycles. The Balaban J connectivity index is 1.53. The van der Waals surface area contributed by atoms with Gasteiger partial charge in [-0.3, -0.25) is 9.59 Å². The lowest BCUT2D eigenvalue weighted by Crippen LogP contribution is -2.35. The number of benzene rings is 2. The van der Waals surface area contributed by atoms with Gasteiger partial charge in [0.2, 0.25) is 5.91 Å². The van der Waals surface area contributed by atoms with Crippen LogP contribution < -0.4 is 16.0 Å². The summed E-state index contributed by atoms with van der Waals surface area (Å²) in [4.78, 5) is 32.0. The van der Waals surface area contributed by atoms with E-state index in [0.717, 1.165) is 21.7 Å². The molecule has 6 nitrogen and oxygen atoms in total. The summed E-state index contributed by atoms with van der Waals surface area (Å²) in [5.74, 6) is 0.676. The van der Waals surface area contributed by atoms with Crippen LogP contribution in [-0.4, -0.2) is 22.6 Å². The van der Waals surface area contributed by atoms with Gasteiger partial charge in [-0.1, -0.05) is 36.4 Å². The molecule has 0 fully saturated rings. The normalized spacial score (nSPS) is 13.1. The van der Waals surface area contributed by atoms with Gasteiger partial charge in [-0.15, -0.1) is 11.8 Å². The van der Waals surface area contributed by atoms with Gasteiger partial charge < -0.3 is 16.0 Å². The molecule has 2 aromatic carbocycles. The van der Waals surface area contributed by atoms with Crippen LogP contribution in [0.3, 0.4) is 0 Å². The predicted octanol–water partition coefficient (Wildman–Crippen LogP) is 3.23. The number of nitrogens with zero attached hydrogens (tertiary/aromatic N) is 2. The third kappa shape index (κ3) is 4.41. The SMILES string of the molecule is Nc1ccc(CNC(=O)c2ccc3c(c2)N(Cc2ccccc2)C(=O)CS3)cn1. The molecule has 29 heavy (non-hydrogen) atoms. The van der Waals surface area contributed by atoms with Gasteiger partial charge in [0.1, 0.15) is 5.82 Å². The van der Waals surface area contributed by atoms with Crippen LogP contribution in [0.5, 0.6) is 0 Å². The summed E-state index contributed by atoms with van der Waals surface area (Å²) in [7, 11) is 0. The Bertz CT molecular complexity index is 1040. The first-order valence-electron chi connectivity index (χ1n) is 9.20. The highest BCUT2D eigenvalue weighted by atomic mass is 32.2. The number of nitrogens with one attached hydrogen (secondary N) is 1. The number of rotatable bonds is 5. The minimum atomic E-state index is -0.202. The van der Waals surface area contributed by atoms with Crippen LogP contribution in [0.25, 0.3) is 0 Å². The van der Waals surface area contributed by atoms with Crippen molar-refractivity contribution in [2.24, 2.45) is 0 Å². The molecule has 0 aliphatic carbocycles. The molecule has 0 unspecified atom stereocenters. The molecular weight excluding hydrogens is 384 g/mol. The van der Waals surface area contributed by atoms with Crippen LogP contribution in [0.1, 0.15) is 21.5 Å². The second-order valence-corrected chi connectivity index (χ2v) is 7.73. The highest BCUT2D eigenvalue weighted by Crippen LogP contribution is 2.36. The number of nitrogens with two attached hydrogens (primary N) is 1. The van der Waals surface area contributed by atoms with Gasteiger partial charge in [0.15, 0.2) is 0 Å². The van der Waals surface area contributed by atoms with E-state index in [1.807, 2.05) is 42.5 Å². The van der Waals surface area contributed by atoms with Gasteiger partial charge in [0.25, 0.3) is 5.91 Å². The van der Waals surface area contributed by atoms with Crippen LogP contribution in [-0.2, 0) is 17.9 Å². The molecule has 0 saturated carbocycles. The molecule has 3 N–H and O–H groups in total. The Labute approximate surface area is 173 Å². The number of nitrogen functional groups attached to an aromatic ring is 1. The zero-order valence-corrected chi connectivity index (χ0v) is 16.5. The van der Waals surface area contributed by atoms with Crippen molar-refractivity contribution in [3.05, 3.63) is 83.6 Å². The Morgan fingerprint density at radius 1 is 1.10 bits per heavy atom. The van der Waals surface area contributed by atoms with Gasteiger partial charge in [-0.2, -0.15) is 0 Å². The fourth-order valence-corrected chi connectivity index (χ4v) is 4.02. The fourth-order valence-electron chi connectivity index (χ4n) is 3.11. The Hall–Kier alpha value is -3.32. The summed E-state index contributed by atoms with van der Waals surface area (Å²) < 4.78 is 0. The van der Waals surface area contributed by atoms with Crippen molar-refractivity contribution in [2.75, 3.05) is 16.4 Å². The maximum Gasteiger partial charge on any atom is 0.251 e. The monoisotopic (exact) mass is 404 g/mol. The number of carbonyl (C=O) groups is 2. The molecule has 4 rings (SSSR count). The van der Waals surface area contributed by atoms with Gasteiger partial charge in [-0.25, -0.2) is 4.98 Å². The molecule has 0 spiro atoms. The number of hydrogen-bond acceptors (Lipinski definition) is 5. The summed E-state index contributed by atoms with van der Waals surface area (Å²) in [5.41, 5.74) is 8.78. The predicted molar refractivity (Wildman–Crippen MR) is 115 cm³/mol. The molecule has 0 saturated heterocycles. The first kappa shape index (κ1) is 19.0. The van der Waals surface area contributed by atoms with Crippen molar-refractivity contribution >= 4 is 35.1 Å². The standard InChI is InChI=1S/C22H20N4O2S/c23-20-9-6-16(11-24-20)12-25-22(28)17-7-8-19-18(10-17)26(21(27)14-29-19)13-15-4-2-1-3-5-15/h1-11H,12-14H2,(H2,23,24)(H,25,28). The smallest absolute Gasteiger partial charge is 0.251 e. The second kappa shape index (κ2) is 8.36. The van der Waals surface area contributed by atoms with E-state index in [-0.39, 0.29) is 11.8 Å². The number of fused-ring (bicyclic) bond motifs is 1. The summed E-state index contributed by atoms with van der Waals surface area (Å²) in [5, 5.41) is 2.89. The Kier molecular flexibility index (Phi) is 5.48. The molecule has 0 bridgehead atoms. The van der Waals surface area contributed by atoms with Crippen molar-refractivity contribution in [2.45, 2.75) is 18.0 Å². The molecule has 0 radical (unpaired) electrons. The van der Waals surface area contributed by atoms with E-state index in [1.54, 1.807) is 29.3 Å². The largest absolute Gasteiger partial charge is 0.384 e. The zero-order valence-electron chi connectivity index (χ0n) is 15.7. The third-order valence-electron chi connectivity index (χ3n) is 4.65. The van der Waals surface area contributed by atoms with E-state index in [1.165, 1.54) is 11.8 Å². The van der Waals surface area contributed by atoms with Crippen molar-refractivity contribution in [3.63, 3.8) is 0 Å². The summed E-state index contributed by atoms with van der Waals surface area (Å²) >= 11 is 1.50. The van der Waals surface area contributed by atoms with Crippen molar-refractivity contribution in [1.29, 1.82) is 0 Å². The maximum absolute atomic E-state index is 12.7. The number of pyridine rings is 1. The zero-order chi connectivity index (χ0) is 20.2. The second-order valence-electron chi connectivity index (χ2n) is 6.71. The van der Waals surface area contributed by atoms with Crippen LogP contribution in [0, 0.1) is 0 Å². The number of thioether (sulfide) groups is 1. The summed E-state index contributed by atoms with van der Waals surface area (Å²) in [6.07, 6.45) is 1.64. The number of aromatic nitrogens is 1. The number of anilines is 2. The molecule has 1 aromatic heterocycles. The third-order valence-corrected chi connectivity index (χ3v) is 5.70. The first-order valence-corrected chi connectivity index (χ1v) is 10.2. The molecule has 0 atom stereocenters. The quantitative estimate of drug-likeness (QED) is 0.682. The molecule has 1 aliphatic heterocycles. The first-order chi connectivity index (χ1) is 14.1. The fraction of sp³-hybridized carbons (Fsp3) is 0.136. The Morgan fingerprint density at radius 2 is 1.93 bits per heavy atom. The van der Waals surface area contributed by atoms with Crippen LogP contribution in [0.2, 0.25) is 0 Å². The highest BCUT2D eigenvalue weighted by Gasteiger charge is 2.26.